The van der Waals surface area contributed by atoms with E-state index in [1.807, 2.05) is 33.3 Å². The van der Waals surface area contributed by atoms with E-state index in [2.05, 4.69) is 135 Å². The number of likely N-dealkylation sites (N-methyl/N-ethyl adjacent to an activating group) is 1. The van der Waals surface area contributed by atoms with Crippen LogP contribution in [0.4, 0.5) is 0 Å². The number of carbonyl (C=O) groups is 2. The Balaban J connectivity index is 5.15. The average molecular weight is 1180 g/mol. The van der Waals surface area contributed by atoms with Gasteiger partial charge in [0.15, 0.2) is 0 Å². The van der Waals surface area contributed by atoms with E-state index in [9.17, 15) is 19.0 Å². The molecule has 83 heavy (non-hydrogen) atoms. The predicted octanol–water partition coefficient (Wildman–Crippen LogP) is 20.8. The summed E-state index contributed by atoms with van der Waals surface area (Å²) in [6.45, 7) is 6.67. The third-order valence-corrected chi connectivity index (χ3v) is 15.3. The molecule has 0 rings (SSSR count). The molecule has 1 amide bonds. The first kappa shape index (κ1) is 79.4. The number of nitrogens with one attached hydrogen (secondary N) is 1. The van der Waals surface area contributed by atoms with Crippen LogP contribution in [0.1, 0.15) is 278 Å². The molecule has 0 bridgehead atoms. The van der Waals surface area contributed by atoms with Crippen LogP contribution in [0.5, 0.6) is 0 Å². The molecular formula is C73H127N2O7P. The van der Waals surface area contributed by atoms with Crippen molar-refractivity contribution >= 4 is 19.7 Å². The highest BCUT2D eigenvalue weighted by molar-refractivity contribution is 7.45. The lowest BCUT2D eigenvalue weighted by atomic mass is 10.1. The summed E-state index contributed by atoms with van der Waals surface area (Å²) in [7, 11) is 1.15. The Kier molecular flexibility index (Phi) is 58.8. The fraction of sp³-hybridized carbons (Fsp3) is 0.699. The number of carbonyl (C=O) groups excluding carboxylic acids is 2. The second-order valence-corrected chi connectivity index (χ2v) is 25.0. The van der Waals surface area contributed by atoms with Crippen molar-refractivity contribution in [1.82, 2.24) is 5.32 Å². The Hall–Kier alpha value is -3.59. The predicted molar refractivity (Wildman–Crippen MR) is 357 cm³/mol. The Labute approximate surface area is 512 Å². The highest BCUT2D eigenvalue weighted by atomic mass is 31.2. The number of unbranched alkanes of at least 4 members (excludes halogenated alkanes) is 26. The van der Waals surface area contributed by atoms with Crippen LogP contribution in [0, 0.1) is 0 Å². The Morgan fingerprint density at radius 3 is 1.18 bits per heavy atom. The minimum atomic E-state index is -4.72. The van der Waals surface area contributed by atoms with Gasteiger partial charge in [0, 0.05) is 12.8 Å². The van der Waals surface area contributed by atoms with Crippen LogP contribution in [0.3, 0.4) is 0 Å². The zero-order valence-corrected chi connectivity index (χ0v) is 55.3. The van der Waals surface area contributed by atoms with Crippen LogP contribution in [-0.4, -0.2) is 69.4 Å². The fourth-order valence-electron chi connectivity index (χ4n) is 9.18. The first-order chi connectivity index (χ1) is 40.4. The summed E-state index contributed by atoms with van der Waals surface area (Å²) in [5.74, 6) is -0.574. The summed E-state index contributed by atoms with van der Waals surface area (Å²) < 4.78 is 30.4. The lowest BCUT2D eigenvalue weighted by Gasteiger charge is -2.30. The molecule has 9 nitrogen and oxygen atoms in total. The van der Waals surface area contributed by atoms with E-state index in [0.29, 0.717) is 23.9 Å². The van der Waals surface area contributed by atoms with E-state index in [4.69, 9.17) is 13.8 Å². The van der Waals surface area contributed by atoms with Gasteiger partial charge >= 0.3 is 5.97 Å². The van der Waals surface area contributed by atoms with Crippen molar-refractivity contribution in [3.63, 3.8) is 0 Å². The van der Waals surface area contributed by atoms with Crippen molar-refractivity contribution in [3.05, 3.63) is 122 Å². The summed E-state index contributed by atoms with van der Waals surface area (Å²) in [5.41, 5.74) is 0. The van der Waals surface area contributed by atoms with Gasteiger partial charge < -0.3 is 28.5 Å². The molecule has 0 aliphatic rings. The smallest absolute Gasteiger partial charge is 0.306 e. The Morgan fingerprint density at radius 1 is 0.434 bits per heavy atom. The van der Waals surface area contributed by atoms with E-state index >= 15 is 0 Å². The normalized spacial score (nSPS) is 14.3. The largest absolute Gasteiger partial charge is 0.756 e. The molecule has 0 aromatic heterocycles. The first-order valence-electron chi connectivity index (χ1n) is 33.8. The molecule has 0 aromatic rings. The van der Waals surface area contributed by atoms with Crippen LogP contribution in [0.25, 0.3) is 0 Å². The third kappa shape index (κ3) is 62.8. The standard InChI is InChI=1S/C73H127N2O7P/c1-7-10-13-16-19-22-25-27-29-31-33-35-36-37-38-40-42-44-46-48-51-54-57-60-63-66-73(77)82-71(64-61-58-55-52-49-24-21-18-15-12-9-3)70(69-81-83(78,79)80-68-67-75(4,5)6)74-72(76)65-62-59-56-53-50-47-45-43-41-39-34-32-30-28-26-23-20-17-14-11-8-2/h10,13,19-20,22-23,27-30,33-35,37-39,43,45,61,64,70-71H,7-9,11-12,14-18,21,24-26,31-32,36,40-42,44,46-60,62-63,65-69H2,1-6H3,(H-,74,76,78,79)/b13-10-,22-19-,23-20-,29-27-,30-28-,35-33-,38-37-,39-34-,45-43-,64-61+. The lowest BCUT2D eigenvalue weighted by Crippen LogP contribution is -2.47. The number of hydrogen-bond acceptors (Lipinski definition) is 7. The van der Waals surface area contributed by atoms with Gasteiger partial charge in [-0.2, -0.15) is 0 Å². The molecule has 1 N–H and O–H groups in total. The quantitative estimate of drug-likeness (QED) is 0.0212. The van der Waals surface area contributed by atoms with E-state index in [1.54, 1.807) is 0 Å². The Morgan fingerprint density at radius 2 is 0.771 bits per heavy atom. The average Bonchev–Trinajstić information content (AvgIpc) is 3.51. The molecule has 0 saturated carbocycles. The molecule has 0 aliphatic heterocycles. The monoisotopic (exact) mass is 1170 g/mol. The van der Waals surface area contributed by atoms with Gasteiger partial charge in [-0.25, -0.2) is 0 Å². The van der Waals surface area contributed by atoms with Gasteiger partial charge in [-0.3, -0.25) is 14.2 Å². The van der Waals surface area contributed by atoms with Gasteiger partial charge in [0.2, 0.25) is 5.91 Å². The molecule has 0 spiro atoms. The first-order valence-corrected chi connectivity index (χ1v) is 35.3. The summed E-state index contributed by atoms with van der Waals surface area (Å²) in [4.78, 5) is 40.1. The summed E-state index contributed by atoms with van der Waals surface area (Å²) in [5, 5.41) is 3.02. The van der Waals surface area contributed by atoms with Crippen LogP contribution in [0.15, 0.2) is 122 Å². The van der Waals surface area contributed by atoms with Crippen molar-refractivity contribution in [2.45, 2.75) is 290 Å². The minimum Gasteiger partial charge on any atom is -0.756 e. The van der Waals surface area contributed by atoms with Gasteiger partial charge in [0.1, 0.15) is 19.3 Å². The zero-order chi connectivity index (χ0) is 60.7. The number of phosphoric acid groups is 1. The summed E-state index contributed by atoms with van der Waals surface area (Å²) >= 11 is 0. The van der Waals surface area contributed by atoms with Gasteiger partial charge in [0.25, 0.3) is 7.82 Å². The SMILES string of the molecule is CC/C=C\C/C=C\C/C=C\C/C=C\C/C=C\CCCCCCCCCCCC(=O)OC(/C=C/CCCCCCCCCCC)C(COP(=O)([O-])OCC[N+](C)(C)C)NC(=O)CCCCCCC/C=C\C/C=C\C/C=C\C/C=C\CCCCC. The number of rotatable bonds is 60. The maximum Gasteiger partial charge on any atom is 0.306 e. The Bertz CT molecular complexity index is 1830. The van der Waals surface area contributed by atoms with Gasteiger partial charge in [0.05, 0.1) is 33.8 Å². The second kappa shape index (κ2) is 61.5. The van der Waals surface area contributed by atoms with E-state index in [1.165, 1.54) is 103 Å². The van der Waals surface area contributed by atoms with Crippen molar-refractivity contribution in [1.29, 1.82) is 0 Å². The fourth-order valence-corrected chi connectivity index (χ4v) is 9.90. The molecule has 3 unspecified atom stereocenters. The molecule has 10 heteroatoms. The number of allylic oxidation sites excluding steroid dienone is 19. The van der Waals surface area contributed by atoms with Crippen LogP contribution < -0.4 is 10.2 Å². The molecule has 0 radical (unpaired) electrons. The number of phosphoric ester groups is 1. The van der Waals surface area contributed by atoms with E-state index in [0.717, 1.165) is 128 Å². The number of quaternary nitrogens is 1. The number of nitrogens with zero attached hydrogens (tertiary/aromatic N) is 1. The molecule has 0 heterocycles. The maximum atomic E-state index is 13.6. The third-order valence-electron chi connectivity index (χ3n) is 14.4. The highest BCUT2D eigenvalue weighted by Gasteiger charge is 2.27. The molecule has 0 fully saturated rings. The number of hydrogen-bond donors (Lipinski definition) is 1. The van der Waals surface area contributed by atoms with Crippen molar-refractivity contribution in [3.8, 4) is 0 Å². The molecule has 0 aromatic carbocycles. The number of esters is 1. The van der Waals surface area contributed by atoms with Gasteiger partial charge in [-0.05, 0) is 122 Å². The van der Waals surface area contributed by atoms with E-state index < -0.39 is 26.6 Å². The van der Waals surface area contributed by atoms with Crippen molar-refractivity contribution < 1.29 is 37.3 Å². The second-order valence-electron chi connectivity index (χ2n) is 23.6. The van der Waals surface area contributed by atoms with Crippen LogP contribution >= 0.6 is 7.82 Å². The number of ether oxygens (including phenoxy) is 1. The minimum absolute atomic E-state index is 0.0334. The summed E-state index contributed by atoms with van der Waals surface area (Å²) in [6.07, 6.45) is 86.0. The lowest BCUT2D eigenvalue weighted by molar-refractivity contribution is -0.870. The summed E-state index contributed by atoms with van der Waals surface area (Å²) in [6, 6.07) is -0.910. The van der Waals surface area contributed by atoms with Crippen LogP contribution in [-0.2, 0) is 27.9 Å². The molecule has 0 aliphatic carbocycles. The molecule has 0 saturated heterocycles. The van der Waals surface area contributed by atoms with Crippen molar-refractivity contribution in [2.24, 2.45) is 0 Å². The molecular weight excluding hydrogens is 1050 g/mol. The number of amides is 1. The molecule has 476 valence electrons. The van der Waals surface area contributed by atoms with Crippen LogP contribution in [0.2, 0.25) is 0 Å². The van der Waals surface area contributed by atoms with E-state index in [-0.39, 0.29) is 31.3 Å². The van der Waals surface area contributed by atoms with Gasteiger partial charge in [-0.15, -0.1) is 0 Å². The van der Waals surface area contributed by atoms with Crippen molar-refractivity contribution in [2.75, 3.05) is 40.9 Å². The molecule has 3 atom stereocenters. The van der Waals surface area contributed by atoms with Gasteiger partial charge in [-0.1, -0.05) is 265 Å². The highest BCUT2D eigenvalue weighted by Crippen LogP contribution is 2.38. The maximum absolute atomic E-state index is 13.6. The topological polar surface area (TPSA) is 114 Å². The zero-order valence-electron chi connectivity index (χ0n) is 54.4.